The summed E-state index contributed by atoms with van der Waals surface area (Å²) in [5, 5.41) is 19.7. The molecule has 0 aliphatic heterocycles. The van der Waals surface area contributed by atoms with Crippen molar-refractivity contribution in [3.8, 4) is 17.3 Å². The van der Waals surface area contributed by atoms with Crippen LogP contribution in [0.3, 0.4) is 0 Å². The van der Waals surface area contributed by atoms with Crippen molar-refractivity contribution in [3.63, 3.8) is 0 Å². The van der Waals surface area contributed by atoms with Gasteiger partial charge in [0.25, 0.3) is 6.01 Å². The second-order valence-corrected chi connectivity index (χ2v) is 10.8. The molecule has 180 valence electrons. The van der Waals surface area contributed by atoms with Crippen molar-refractivity contribution in [1.29, 1.82) is 0 Å². The summed E-state index contributed by atoms with van der Waals surface area (Å²) in [5.74, 6) is -0.606. The van der Waals surface area contributed by atoms with Gasteiger partial charge in [-0.2, -0.15) is 4.98 Å². The number of halogens is 1. The van der Waals surface area contributed by atoms with Crippen LogP contribution in [-0.2, 0) is 10.2 Å². The Balaban J connectivity index is 1.30. The number of carbonyl (C=O) groups is 1. The van der Waals surface area contributed by atoms with E-state index in [1.165, 1.54) is 0 Å². The number of aliphatic hydroxyl groups is 1. The number of rotatable bonds is 7. The molecular weight excluding hydrogens is 454 g/mol. The van der Waals surface area contributed by atoms with Crippen molar-refractivity contribution in [2.24, 2.45) is 11.3 Å². The van der Waals surface area contributed by atoms with E-state index in [4.69, 9.17) is 16.3 Å². The second kappa shape index (κ2) is 8.54. The first kappa shape index (κ1) is 23.1. The molecular formula is C26H30ClN3O4. The number of nitrogens with one attached hydrogen (secondary N) is 1. The molecule has 0 radical (unpaired) electrons. The summed E-state index contributed by atoms with van der Waals surface area (Å²) in [6.45, 7) is 3.78. The number of aliphatic carboxylic acids is 1. The lowest BCUT2D eigenvalue weighted by atomic mass is 9.70. The van der Waals surface area contributed by atoms with E-state index in [0.29, 0.717) is 27.9 Å². The van der Waals surface area contributed by atoms with Gasteiger partial charge in [-0.05, 0) is 69.9 Å². The summed E-state index contributed by atoms with van der Waals surface area (Å²) in [5.41, 5.74) is 3.14. The highest BCUT2D eigenvalue weighted by Crippen LogP contribution is 2.48. The van der Waals surface area contributed by atoms with Gasteiger partial charge in [0.2, 0.25) is 0 Å². The fraction of sp³-hybridized carbons (Fsp3) is 0.500. The van der Waals surface area contributed by atoms with Crippen molar-refractivity contribution >= 4 is 28.7 Å². The number of carboxylic acid groups (broad SMARTS) is 1. The Kier molecular flexibility index (Phi) is 5.81. The molecule has 1 aromatic carbocycles. The van der Waals surface area contributed by atoms with Gasteiger partial charge >= 0.3 is 5.97 Å². The van der Waals surface area contributed by atoms with Crippen LogP contribution in [0.4, 0.5) is 0 Å². The number of hydrogen-bond acceptors (Lipinski definition) is 5. The molecule has 2 aliphatic carbocycles. The van der Waals surface area contributed by atoms with E-state index in [1.807, 2.05) is 30.3 Å². The van der Waals surface area contributed by atoms with Gasteiger partial charge in [-0.25, -0.2) is 4.98 Å². The molecule has 2 heterocycles. The number of fused-ring (bicyclic) bond motifs is 1. The van der Waals surface area contributed by atoms with Crippen molar-refractivity contribution in [1.82, 2.24) is 15.0 Å². The van der Waals surface area contributed by atoms with E-state index in [9.17, 15) is 15.0 Å². The molecule has 5 rings (SSSR count). The number of benzene rings is 1. The Morgan fingerprint density at radius 3 is 2.44 bits per heavy atom. The van der Waals surface area contributed by atoms with Crippen molar-refractivity contribution < 1.29 is 19.7 Å². The van der Waals surface area contributed by atoms with Crippen LogP contribution in [0.15, 0.2) is 30.3 Å². The SMILES string of the molecule is CC(C)(C(=O)O)[C@H]1CC[C@H](Oc2nc3nc(-c4ccc(C5(CO)CC5)cc4)c(Cl)cc3[nH]2)CC1. The molecule has 34 heavy (non-hydrogen) atoms. The van der Waals surface area contributed by atoms with E-state index in [0.717, 1.165) is 49.7 Å². The number of H-pyrrole nitrogens is 1. The Hall–Kier alpha value is -2.64. The minimum Gasteiger partial charge on any atom is -0.481 e. The number of aliphatic hydroxyl groups excluding tert-OH is 1. The van der Waals surface area contributed by atoms with Crippen LogP contribution in [0.2, 0.25) is 5.02 Å². The predicted octanol–water partition coefficient (Wildman–Crippen LogP) is 5.35. The number of carboxylic acids is 1. The Labute approximate surface area is 203 Å². The van der Waals surface area contributed by atoms with E-state index < -0.39 is 11.4 Å². The summed E-state index contributed by atoms with van der Waals surface area (Å²) in [7, 11) is 0. The van der Waals surface area contributed by atoms with Crippen LogP contribution >= 0.6 is 11.6 Å². The molecule has 0 spiro atoms. The highest BCUT2D eigenvalue weighted by atomic mass is 35.5. The molecule has 0 saturated heterocycles. The molecule has 2 saturated carbocycles. The summed E-state index contributed by atoms with van der Waals surface area (Å²) < 4.78 is 6.10. The molecule has 0 atom stereocenters. The number of hydrogen-bond donors (Lipinski definition) is 3. The van der Waals surface area contributed by atoms with Crippen LogP contribution in [0.1, 0.15) is 57.9 Å². The normalized spacial score (nSPS) is 22.0. The summed E-state index contributed by atoms with van der Waals surface area (Å²) in [4.78, 5) is 23.9. The monoisotopic (exact) mass is 483 g/mol. The number of nitrogens with zero attached hydrogens (tertiary/aromatic N) is 2. The van der Waals surface area contributed by atoms with E-state index in [2.05, 4.69) is 15.0 Å². The predicted molar refractivity (Wildman–Crippen MR) is 130 cm³/mol. The Bertz CT molecular complexity index is 1210. The molecule has 3 aromatic rings. The van der Waals surface area contributed by atoms with Gasteiger partial charge in [-0.3, -0.25) is 4.79 Å². The zero-order valence-electron chi connectivity index (χ0n) is 19.5. The topological polar surface area (TPSA) is 108 Å². The zero-order chi connectivity index (χ0) is 24.1. The molecule has 2 fully saturated rings. The van der Waals surface area contributed by atoms with Crippen LogP contribution in [0.25, 0.3) is 22.4 Å². The largest absolute Gasteiger partial charge is 0.481 e. The van der Waals surface area contributed by atoms with Crippen molar-refractivity contribution in [3.05, 3.63) is 40.9 Å². The maximum atomic E-state index is 11.6. The van der Waals surface area contributed by atoms with E-state index >= 15 is 0 Å². The molecule has 8 heteroatoms. The Morgan fingerprint density at radius 1 is 1.18 bits per heavy atom. The lowest BCUT2D eigenvalue weighted by molar-refractivity contribution is -0.151. The number of aromatic nitrogens is 3. The second-order valence-electron chi connectivity index (χ2n) is 10.4. The number of imidazole rings is 1. The van der Waals surface area contributed by atoms with E-state index in [1.54, 1.807) is 13.8 Å². The minimum absolute atomic E-state index is 0.00911. The highest BCUT2D eigenvalue weighted by molar-refractivity contribution is 6.33. The van der Waals surface area contributed by atoms with Gasteiger partial charge in [0.15, 0.2) is 5.65 Å². The third-order valence-electron chi connectivity index (χ3n) is 7.86. The smallest absolute Gasteiger partial charge is 0.309 e. The number of aromatic amines is 1. The van der Waals surface area contributed by atoms with Gasteiger partial charge in [0.05, 0.1) is 28.3 Å². The first-order chi connectivity index (χ1) is 16.2. The lowest BCUT2D eigenvalue weighted by Gasteiger charge is -2.36. The maximum absolute atomic E-state index is 11.6. The summed E-state index contributed by atoms with van der Waals surface area (Å²) in [6.07, 6.45) is 5.23. The molecule has 2 aromatic heterocycles. The molecule has 0 amide bonds. The van der Waals surface area contributed by atoms with Gasteiger partial charge in [-0.1, -0.05) is 35.9 Å². The van der Waals surface area contributed by atoms with Crippen molar-refractivity contribution in [2.75, 3.05) is 6.61 Å². The van der Waals surface area contributed by atoms with Gasteiger partial charge < -0.3 is 19.9 Å². The fourth-order valence-electron chi connectivity index (χ4n) is 5.06. The highest BCUT2D eigenvalue weighted by Gasteiger charge is 2.43. The molecule has 3 N–H and O–H groups in total. The average molecular weight is 484 g/mol. The molecule has 7 nitrogen and oxygen atoms in total. The van der Waals surface area contributed by atoms with Crippen molar-refractivity contribution in [2.45, 2.75) is 63.9 Å². The first-order valence-corrected chi connectivity index (χ1v) is 12.3. The Morgan fingerprint density at radius 2 is 1.85 bits per heavy atom. The standard InChI is InChI=1S/C26H30ClN3O4/c1-25(2,23(32)33)16-7-9-18(10-8-16)34-24-28-20-13-19(27)21(29-22(20)30-24)15-3-5-17(6-4-15)26(14-31)11-12-26/h3-6,13,16,18,31H,7-12,14H2,1-2H3,(H,32,33)(H,28,29,30)/t16-,18-. The van der Waals surface area contributed by atoms with Crippen LogP contribution in [0.5, 0.6) is 6.01 Å². The summed E-state index contributed by atoms with van der Waals surface area (Å²) in [6, 6.07) is 10.3. The van der Waals surface area contributed by atoms with Gasteiger partial charge in [0.1, 0.15) is 6.10 Å². The third kappa shape index (κ3) is 4.16. The lowest BCUT2D eigenvalue weighted by Crippen LogP contribution is -2.37. The average Bonchev–Trinajstić information content (AvgIpc) is 3.53. The zero-order valence-corrected chi connectivity index (χ0v) is 20.2. The minimum atomic E-state index is -0.747. The number of ether oxygens (including phenoxy) is 1. The molecule has 2 aliphatic rings. The first-order valence-electron chi connectivity index (χ1n) is 11.9. The quantitative estimate of drug-likeness (QED) is 0.418. The fourth-order valence-corrected chi connectivity index (χ4v) is 5.32. The maximum Gasteiger partial charge on any atom is 0.309 e. The number of pyridine rings is 1. The molecule has 0 bridgehead atoms. The van der Waals surface area contributed by atoms with Gasteiger partial charge in [-0.15, -0.1) is 0 Å². The molecule has 0 unspecified atom stereocenters. The van der Waals surface area contributed by atoms with Crippen LogP contribution < -0.4 is 4.74 Å². The third-order valence-corrected chi connectivity index (χ3v) is 8.14. The van der Waals surface area contributed by atoms with Gasteiger partial charge in [0, 0.05) is 11.0 Å². The van der Waals surface area contributed by atoms with Crippen LogP contribution in [-0.4, -0.2) is 43.8 Å². The van der Waals surface area contributed by atoms with E-state index in [-0.39, 0.29) is 24.0 Å². The van der Waals surface area contributed by atoms with Crippen LogP contribution in [0, 0.1) is 11.3 Å². The summed E-state index contributed by atoms with van der Waals surface area (Å²) >= 11 is 6.55.